The van der Waals surface area contributed by atoms with Crippen molar-refractivity contribution in [1.29, 1.82) is 0 Å². The Hall–Kier alpha value is -3.41. The SMILES string of the molecule is O=C(C[C@@H]1OC(=O)c2ccccc21)Nc1ccnn1-c1ccccc1. The zero-order valence-corrected chi connectivity index (χ0v) is 13.3. The van der Waals surface area contributed by atoms with E-state index < -0.39 is 6.10 Å². The van der Waals surface area contributed by atoms with Gasteiger partial charge < -0.3 is 10.1 Å². The van der Waals surface area contributed by atoms with E-state index in [4.69, 9.17) is 4.74 Å². The van der Waals surface area contributed by atoms with E-state index in [9.17, 15) is 9.59 Å². The highest BCUT2D eigenvalue weighted by molar-refractivity contribution is 5.96. The van der Waals surface area contributed by atoms with Crippen molar-refractivity contribution in [3.8, 4) is 5.69 Å². The van der Waals surface area contributed by atoms with Crippen LogP contribution in [0.3, 0.4) is 0 Å². The predicted octanol–water partition coefficient (Wildman–Crippen LogP) is 3.11. The van der Waals surface area contributed by atoms with Gasteiger partial charge in [0.2, 0.25) is 5.91 Å². The van der Waals surface area contributed by atoms with Crippen molar-refractivity contribution in [3.05, 3.63) is 78.0 Å². The molecule has 3 aromatic rings. The highest BCUT2D eigenvalue weighted by atomic mass is 16.5. The number of benzene rings is 2. The van der Waals surface area contributed by atoms with Crippen molar-refractivity contribution in [2.24, 2.45) is 0 Å². The number of aromatic nitrogens is 2. The Kier molecular flexibility index (Phi) is 3.78. The molecule has 0 spiro atoms. The molecule has 1 aromatic heterocycles. The Morgan fingerprint density at radius 1 is 1.08 bits per heavy atom. The third kappa shape index (κ3) is 2.89. The van der Waals surface area contributed by atoms with Gasteiger partial charge in [-0.15, -0.1) is 0 Å². The van der Waals surface area contributed by atoms with Gasteiger partial charge in [-0.05, 0) is 18.2 Å². The number of esters is 1. The molecule has 6 nitrogen and oxygen atoms in total. The summed E-state index contributed by atoms with van der Waals surface area (Å²) in [6.45, 7) is 0. The number of rotatable bonds is 4. The van der Waals surface area contributed by atoms with Crippen LogP contribution in [0.15, 0.2) is 66.9 Å². The fraction of sp³-hybridized carbons (Fsp3) is 0.105. The fourth-order valence-electron chi connectivity index (χ4n) is 2.91. The lowest BCUT2D eigenvalue weighted by molar-refractivity contribution is -0.118. The summed E-state index contributed by atoms with van der Waals surface area (Å²) in [6.07, 6.45) is 1.12. The molecule has 1 aliphatic rings. The van der Waals surface area contributed by atoms with Crippen LogP contribution in [0.5, 0.6) is 0 Å². The second kappa shape index (κ2) is 6.24. The lowest BCUT2D eigenvalue weighted by atomic mass is 10.0. The van der Waals surface area contributed by atoms with Crippen LogP contribution in [0.25, 0.3) is 5.69 Å². The summed E-state index contributed by atoms with van der Waals surface area (Å²) >= 11 is 0. The first-order chi connectivity index (χ1) is 12.2. The van der Waals surface area contributed by atoms with Gasteiger partial charge in [0.25, 0.3) is 0 Å². The number of fused-ring (bicyclic) bond motifs is 1. The minimum atomic E-state index is -0.559. The lowest BCUT2D eigenvalue weighted by Gasteiger charge is -2.12. The summed E-state index contributed by atoms with van der Waals surface area (Å²) in [6, 6.07) is 18.4. The molecule has 4 rings (SSSR count). The number of nitrogens with zero attached hydrogens (tertiary/aromatic N) is 2. The number of cyclic esters (lactones) is 1. The van der Waals surface area contributed by atoms with Crippen molar-refractivity contribution in [1.82, 2.24) is 9.78 Å². The first-order valence-corrected chi connectivity index (χ1v) is 7.91. The largest absolute Gasteiger partial charge is 0.453 e. The predicted molar refractivity (Wildman–Crippen MR) is 91.4 cm³/mol. The first kappa shape index (κ1) is 15.1. The second-order valence-corrected chi connectivity index (χ2v) is 5.70. The molecule has 2 aromatic carbocycles. The molecular formula is C19H15N3O3. The Bertz CT molecular complexity index is 934. The average molecular weight is 333 g/mol. The number of carbonyl (C=O) groups is 2. The van der Waals surface area contributed by atoms with Crippen LogP contribution in [0.2, 0.25) is 0 Å². The molecule has 0 saturated carbocycles. The molecular weight excluding hydrogens is 318 g/mol. The van der Waals surface area contributed by atoms with Crippen LogP contribution in [-0.4, -0.2) is 21.7 Å². The Morgan fingerprint density at radius 2 is 1.84 bits per heavy atom. The molecule has 124 valence electrons. The summed E-state index contributed by atoms with van der Waals surface area (Å²) in [7, 11) is 0. The van der Waals surface area contributed by atoms with Crippen LogP contribution in [0.4, 0.5) is 5.82 Å². The molecule has 0 radical (unpaired) electrons. The minimum absolute atomic E-state index is 0.0583. The number of ether oxygens (including phenoxy) is 1. The van der Waals surface area contributed by atoms with Crippen molar-refractivity contribution in [3.63, 3.8) is 0 Å². The summed E-state index contributed by atoms with van der Waals surface area (Å²) in [4.78, 5) is 24.3. The monoisotopic (exact) mass is 333 g/mol. The van der Waals surface area contributed by atoms with E-state index in [0.717, 1.165) is 11.3 Å². The number of hydrogen-bond donors (Lipinski definition) is 1. The molecule has 0 fully saturated rings. The van der Waals surface area contributed by atoms with Crippen LogP contribution in [-0.2, 0) is 9.53 Å². The number of amides is 1. The maximum absolute atomic E-state index is 12.4. The number of nitrogens with one attached hydrogen (secondary N) is 1. The lowest BCUT2D eigenvalue weighted by Crippen LogP contribution is -2.18. The Morgan fingerprint density at radius 3 is 2.68 bits per heavy atom. The van der Waals surface area contributed by atoms with E-state index in [1.54, 1.807) is 29.1 Å². The number of anilines is 1. The van der Waals surface area contributed by atoms with Crippen molar-refractivity contribution >= 4 is 17.7 Å². The minimum Gasteiger partial charge on any atom is -0.453 e. The zero-order valence-electron chi connectivity index (χ0n) is 13.3. The van der Waals surface area contributed by atoms with E-state index in [1.165, 1.54) is 0 Å². The van der Waals surface area contributed by atoms with Gasteiger partial charge in [0.15, 0.2) is 0 Å². The van der Waals surface area contributed by atoms with Crippen LogP contribution in [0, 0.1) is 0 Å². The summed E-state index contributed by atoms with van der Waals surface area (Å²) in [5.74, 6) is -0.0660. The van der Waals surface area contributed by atoms with E-state index in [0.29, 0.717) is 11.4 Å². The molecule has 25 heavy (non-hydrogen) atoms. The Balaban J connectivity index is 1.50. The van der Waals surface area contributed by atoms with Gasteiger partial charge in [-0.2, -0.15) is 5.10 Å². The maximum Gasteiger partial charge on any atom is 0.339 e. The van der Waals surface area contributed by atoms with E-state index >= 15 is 0 Å². The van der Waals surface area contributed by atoms with Gasteiger partial charge in [-0.25, -0.2) is 9.48 Å². The first-order valence-electron chi connectivity index (χ1n) is 7.91. The zero-order chi connectivity index (χ0) is 17.2. The molecule has 0 bridgehead atoms. The van der Waals surface area contributed by atoms with E-state index in [-0.39, 0.29) is 18.3 Å². The Labute approximate surface area is 144 Å². The molecule has 1 amide bonds. The summed E-state index contributed by atoms with van der Waals surface area (Å²) in [5, 5.41) is 7.07. The molecule has 1 aliphatic heterocycles. The molecule has 1 N–H and O–H groups in total. The second-order valence-electron chi connectivity index (χ2n) is 5.70. The van der Waals surface area contributed by atoms with Gasteiger partial charge >= 0.3 is 5.97 Å². The molecule has 2 heterocycles. The van der Waals surface area contributed by atoms with E-state index in [1.807, 2.05) is 42.5 Å². The number of carbonyl (C=O) groups excluding carboxylic acids is 2. The standard InChI is InChI=1S/C19H15N3O3/c23-18(12-16-14-8-4-5-9-15(14)19(24)25-16)21-17-10-11-20-22(17)13-6-2-1-3-7-13/h1-11,16H,12H2,(H,21,23)/t16-/m0/s1. The van der Waals surface area contributed by atoms with Crippen LogP contribution in [0.1, 0.15) is 28.4 Å². The fourth-order valence-corrected chi connectivity index (χ4v) is 2.91. The average Bonchev–Trinajstić information content (AvgIpc) is 3.21. The van der Waals surface area contributed by atoms with Gasteiger partial charge in [-0.3, -0.25) is 4.79 Å². The number of hydrogen-bond acceptors (Lipinski definition) is 4. The summed E-state index contributed by atoms with van der Waals surface area (Å²) in [5.41, 5.74) is 2.12. The van der Waals surface area contributed by atoms with Crippen molar-refractivity contribution in [2.75, 3.05) is 5.32 Å². The highest BCUT2D eigenvalue weighted by Crippen LogP contribution is 2.33. The van der Waals surface area contributed by atoms with E-state index in [2.05, 4.69) is 10.4 Å². The quantitative estimate of drug-likeness (QED) is 0.745. The summed E-state index contributed by atoms with van der Waals surface area (Å²) < 4.78 is 6.96. The molecule has 1 atom stereocenters. The van der Waals surface area contributed by atoms with Crippen molar-refractivity contribution < 1.29 is 14.3 Å². The maximum atomic E-state index is 12.4. The topological polar surface area (TPSA) is 73.2 Å². The molecule has 0 unspecified atom stereocenters. The normalized spacial score (nSPS) is 15.5. The molecule has 0 aliphatic carbocycles. The van der Waals surface area contributed by atoms with Gasteiger partial charge in [0.05, 0.1) is 23.9 Å². The smallest absolute Gasteiger partial charge is 0.339 e. The highest BCUT2D eigenvalue weighted by Gasteiger charge is 2.32. The van der Waals surface area contributed by atoms with Gasteiger partial charge in [0, 0.05) is 11.6 Å². The molecule has 0 saturated heterocycles. The van der Waals surface area contributed by atoms with Crippen LogP contribution < -0.4 is 5.32 Å². The number of para-hydroxylation sites is 1. The molecule has 6 heteroatoms. The van der Waals surface area contributed by atoms with Crippen molar-refractivity contribution in [2.45, 2.75) is 12.5 Å². The third-order valence-electron chi connectivity index (χ3n) is 4.06. The van der Waals surface area contributed by atoms with Crippen LogP contribution >= 0.6 is 0 Å². The van der Waals surface area contributed by atoms with Gasteiger partial charge in [-0.1, -0.05) is 36.4 Å². The third-order valence-corrected chi connectivity index (χ3v) is 4.06. The van der Waals surface area contributed by atoms with Gasteiger partial charge in [0.1, 0.15) is 11.9 Å².